The van der Waals surface area contributed by atoms with E-state index in [0.717, 1.165) is 5.56 Å². The molecule has 0 N–H and O–H groups in total. The van der Waals surface area contributed by atoms with Crippen LogP contribution in [0, 0.1) is 0 Å². The predicted octanol–water partition coefficient (Wildman–Crippen LogP) is 2.58. The molecule has 0 aromatic heterocycles. The van der Waals surface area contributed by atoms with Crippen molar-refractivity contribution in [1.82, 2.24) is 0 Å². The highest BCUT2D eigenvalue weighted by atomic mass is 32.1. The average molecular weight is 180 g/mol. The molecule has 1 nitrogen and oxygen atoms in total. The molecule has 0 amide bonds. The molecule has 0 saturated heterocycles. The second-order valence-corrected chi connectivity index (χ2v) is 4.37. The van der Waals surface area contributed by atoms with E-state index in [4.69, 9.17) is 0 Å². The van der Waals surface area contributed by atoms with Gasteiger partial charge in [0, 0.05) is 5.56 Å². The van der Waals surface area contributed by atoms with E-state index in [1.807, 2.05) is 18.2 Å². The highest BCUT2D eigenvalue weighted by Gasteiger charge is 2.23. The van der Waals surface area contributed by atoms with Crippen molar-refractivity contribution < 1.29 is 4.79 Å². The summed E-state index contributed by atoms with van der Waals surface area (Å²) >= 11 is 4.21. The number of thiol groups is 1. The first-order valence-corrected chi connectivity index (χ1v) is 4.29. The van der Waals surface area contributed by atoms with Crippen LogP contribution in [-0.2, 0) is 0 Å². The molecule has 0 bridgehead atoms. The fourth-order valence-corrected chi connectivity index (χ4v) is 1.07. The monoisotopic (exact) mass is 180 g/mol. The maximum Gasteiger partial charge on any atom is 0.178 e. The Balaban J connectivity index is 2.94. The predicted molar refractivity (Wildman–Crippen MR) is 53.8 cm³/mol. The number of Topliss-reactive ketones (excluding diaryl/α,β-unsaturated/α-hetero) is 1. The van der Waals surface area contributed by atoms with Gasteiger partial charge in [0.05, 0.1) is 4.75 Å². The molecule has 0 unspecified atom stereocenters. The number of benzene rings is 1. The van der Waals surface area contributed by atoms with Crippen molar-refractivity contribution in [1.29, 1.82) is 0 Å². The fraction of sp³-hybridized carbons (Fsp3) is 0.300. The zero-order valence-corrected chi connectivity index (χ0v) is 8.14. The summed E-state index contributed by atoms with van der Waals surface area (Å²) in [5.74, 6) is 0.0615. The molecular formula is C10H12OS. The summed E-state index contributed by atoms with van der Waals surface area (Å²) in [6, 6.07) is 9.21. The minimum Gasteiger partial charge on any atom is -0.293 e. The Kier molecular flexibility index (Phi) is 2.58. The van der Waals surface area contributed by atoms with Crippen molar-refractivity contribution in [3.8, 4) is 0 Å². The molecule has 0 spiro atoms. The standard InChI is InChI=1S/C10H12OS/c1-10(2,12)9(11)8-6-4-3-5-7-8/h3-7,12H,1-2H3. The van der Waals surface area contributed by atoms with Crippen molar-refractivity contribution in [2.24, 2.45) is 0 Å². The highest BCUT2D eigenvalue weighted by Crippen LogP contribution is 2.18. The minimum absolute atomic E-state index is 0.0615. The molecule has 64 valence electrons. The lowest BCUT2D eigenvalue weighted by molar-refractivity contribution is 0.0959. The van der Waals surface area contributed by atoms with Gasteiger partial charge >= 0.3 is 0 Å². The number of ketones is 1. The average Bonchev–Trinajstić information content (AvgIpc) is 2.03. The molecule has 0 aliphatic rings. The molecule has 2 heteroatoms. The SMILES string of the molecule is CC(C)(S)C(=O)c1ccccc1. The third-order valence-electron chi connectivity index (χ3n) is 1.59. The van der Waals surface area contributed by atoms with Crippen LogP contribution in [0.15, 0.2) is 30.3 Å². The lowest BCUT2D eigenvalue weighted by atomic mass is 10.0. The van der Waals surface area contributed by atoms with Crippen LogP contribution in [0.25, 0.3) is 0 Å². The molecule has 1 rings (SSSR count). The van der Waals surface area contributed by atoms with E-state index in [2.05, 4.69) is 12.6 Å². The van der Waals surface area contributed by atoms with Gasteiger partial charge in [0.2, 0.25) is 0 Å². The van der Waals surface area contributed by atoms with Crippen LogP contribution in [0.2, 0.25) is 0 Å². The largest absolute Gasteiger partial charge is 0.293 e. The molecule has 12 heavy (non-hydrogen) atoms. The van der Waals surface area contributed by atoms with Gasteiger partial charge in [-0.25, -0.2) is 0 Å². The quantitative estimate of drug-likeness (QED) is 0.547. The molecule has 1 aromatic rings. The lowest BCUT2D eigenvalue weighted by Crippen LogP contribution is -2.24. The van der Waals surface area contributed by atoms with Crippen molar-refractivity contribution in [3.63, 3.8) is 0 Å². The van der Waals surface area contributed by atoms with E-state index >= 15 is 0 Å². The second kappa shape index (κ2) is 3.31. The Morgan fingerprint density at radius 1 is 1.25 bits per heavy atom. The summed E-state index contributed by atoms with van der Waals surface area (Å²) in [4.78, 5) is 11.6. The molecule has 0 fully saturated rings. The first-order valence-electron chi connectivity index (χ1n) is 3.84. The Morgan fingerprint density at radius 3 is 2.17 bits per heavy atom. The van der Waals surface area contributed by atoms with Crippen molar-refractivity contribution >= 4 is 18.4 Å². The minimum atomic E-state index is -0.582. The van der Waals surface area contributed by atoms with Crippen LogP contribution in [-0.4, -0.2) is 10.5 Å². The van der Waals surface area contributed by atoms with E-state index in [0.29, 0.717) is 0 Å². The van der Waals surface area contributed by atoms with Crippen LogP contribution >= 0.6 is 12.6 Å². The molecule has 0 heterocycles. The molecule has 0 aliphatic heterocycles. The van der Waals surface area contributed by atoms with Gasteiger partial charge in [0.1, 0.15) is 0 Å². The number of carbonyl (C=O) groups is 1. The fourth-order valence-electron chi connectivity index (χ4n) is 0.943. The van der Waals surface area contributed by atoms with Crippen molar-refractivity contribution in [2.45, 2.75) is 18.6 Å². The summed E-state index contributed by atoms with van der Waals surface area (Å²) in [7, 11) is 0. The molecule has 1 aromatic carbocycles. The maximum absolute atomic E-state index is 11.6. The van der Waals surface area contributed by atoms with Crippen LogP contribution < -0.4 is 0 Å². The zero-order valence-electron chi connectivity index (χ0n) is 7.24. The van der Waals surface area contributed by atoms with Gasteiger partial charge in [0.25, 0.3) is 0 Å². The van der Waals surface area contributed by atoms with Gasteiger partial charge in [0.15, 0.2) is 5.78 Å². The lowest BCUT2D eigenvalue weighted by Gasteiger charge is -2.15. The van der Waals surface area contributed by atoms with E-state index in [-0.39, 0.29) is 5.78 Å². The Hall–Kier alpha value is -0.760. The Morgan fingerprint density at radius 2 is 1.75 bits per heavy atom. The van der Waals surface area contributed by atoms with Crippen molar-refractivity contribution in [3.05, 3.63) is 35.9 Å². The molecule has 0 atom stereocenters. The summed E-state index contributed by atoms with van der Waals surface area (Å²) in [6.07, 6.45) is 0. The molecule has 0 aliphatic carbocycles. The van der Waals surface area contributed by atoms with Crippen LogP contribution in [0.4, 0.5) is 0 Å². The number of hydrogen-bond acceptors (Lipinski definition) is 2. The van der Waals surface area contributed by atoms with Crippen molar-refractivity contribution in [2.75, 3.05) is 0 Å². The smallest absolute Gasteiger partial charge is 0.178 e. The molecule has 0 saturated carbocycles. The third kappa shape index (κ3) is 2.11. The highest BCUT2D eigenvalue weighted by molar-refractivity contribution is 7.82. The van der Waals surface area contributed by atoms with E-state index < -0.39 is 4.75 Å². The zero-order chi connectivity index (χ0) is 9.19. The van der Waals surface area contributed by atoms with Gasteiger partial charge in [-0.3, -0.25) is 4.79 Å². The second-order valence-electron chi connectivity index (χ2n) is 3.25. The third-order valence-corrected chi connectivity index (χ3v) is 1.79. The number of carbonyl (C=O) groups excluding carboxylic acids is 1. The summed E-state index contributed by atoms with van der Waals surface area (Å²) in [5, 5.41) is 0. The summed E-state index contributed by atoms with van der Waals surface area (Å²) in [5.41, 5.74) is 0.720. The van der Waals surface area contributed by atoms with Gasteiger partial charge in [-0.2, -0.15) is 12.6 Å². The first-order chi connectivity index (χ1) is 5.52. The summed E-state index contributed by atoms with van der Waals surface area (Å²) in [6.45, 7) is 3.59. The van der Waals surface area contributed by atoms with Crippen LogP contribution in [0.1, 0.15) is 24.2 Å². The van der Waals surface area contributed by atoms with Gasteiger partial charge in [-0.15, -0.1) is 0 Å². The van der Waals surface area contributed by atoms with Gasteiger partial charge < -0.3 is 0 Å². The Bertz CT molecular complexity index is 272. The van der Waals surface area contributed by atoms with E-state index in [1.165, 1.54) is 0 Å². The number of rotatable bonds is 2. The maximum atomic E-state index is 11.6. The van der Waals surface area contributed by atoms with E-state index in [9.17, 15) is 4.79 Å². The molecular weight excluding hydrogens is 168 g/mol. The Labute approximate surface area is 78.2 Å². The van der Waals surface area contributed by atoms with Crippen LogP contribution in [0.5, 0.6) is 0 Å². The topological polar surface area (TPSA) is 17.1 Å². The number of hydrogen-bond donors (Lipinski definition) is 1. The summed E-state index contributed by atoms with van der Waals surface area (Å²) < 4.78 is -0.582. The normalized spacial score (nSPS) is 11.2. The van der Waals surface area contributed by atoms with Gasteiger partial charge in [-0.1, -0.05) is 30.3 Å². The first kappa shape index (κ1) is 9.33. The van der Waals surface area contributed by atoms with Gasteiger partial charge in [-0.05, 0) is 13.8 Å². The van der Waals surface area contributed by atoms with E-state index in [1.54, 1.807) is 26.0 Å². The molecule has 0 radical (unpaired) electrons. The van der Waals surface area contributed by atoms with Crippen LogP contribution in [0.3, 0.4) is 0 Å².